The van der Waals surface area contributed by atoms with Crippen LogP contribution in [0.5, 0.6) is 0 Å². The summed E-state index contributed by atoms with van der Waals surface area (Å²) >= 11 is 2.03. The van der Waals surface area contributed by atoms with Crippen LogP contribution < -0.4 is 0 Å². The van der Waals surface area contributed by atoms with E-state index in [9.17, 15) is 4.79 Å². The summed E-state index contributed by atoms with van der Waals surface area (Å²) in [4.78, 5) is 12.8. The van der Waals surface area contributed by atoms with Crippen molar-refractivity contribution < 1.29 is 4.79 Å². The van der Waals surface area contributed by atoms with E-state index >= 15 is 0 Å². The third-order valence-corrected chi connectivity index (χ3v) is 5.83. The van der Waals surface area contributed by atoms with Crippen LogP contribution in [0.3, 0.4) is 0 Å². The van der Waals surface area contributed by atoms with Crippen molar-refractivity contribution in [3.05, 3.63) is 29.3 Å². The van der Waals surface area contributed by atoms with E-state index in [1.165, 1.54) is 61.8 Å². The molecule has 0 aliphatic carbocycles. The van der Waals surface area contributed by atoms with Gasteiger partial charge in [-0.25, -0.2) is 0 Å². The molecule has 21 heavy (non-hydrogen) atoms. The molecular formula is C19H28OS. The summed E-state index contributed by atoms with van der Waals surface area (Å²) in [5.74, 6) is 0.178. The number of Topliss-reactive ketones (excluding diaryl/α,β-unsaturated/α-hetero) is 1. The lowest BCUT2D eigenvalue weighted by molar-refractivity contribution is 0.101. The molecule has 0 radical (unpaired) electrons. The Labute approximate surface area is 133 Å². The van der Waals surface area contributed by atoms with E-state index in [0.717, 1.165) is 17.2 Å². The van der Waals surface area contributed by atoms with Gasteiger partial charge in [0.05, 0.1) is 0 Å². The first-order valence-electron chi connectivity index (χ1n) is 8.51. The van der Waals surface area contributed by atoms with E-state index in [0.29, 0.717) is 0 Å². The lowest BCUT2D eigenvalue weighted by Crippen LogP contribution is -2.11. The molecule has 1 aliphatic heterocycles. The molecule has 0 spiro atoms. The molecular weight excluding hydrogens is 276 g/mol. The Bertz CT molecular complexity index is 467. The van der Waals surface area contributed by atoms with Gasteiger partial charge in [0.1, 0.15) is 0 Å². The van der Waals surface area contributed by atoms with Gasteiger partial charge >= 0.3 is 0 Å². The predicted molar refractivity (Wildman–Crippen MR) is 92.4 cm³/mol. The molecule has 0 saturated heterocycles. The lowest BCUT2D eigenvalue weighted by Gasteiger charge is -2.24. The second kappa shape index (κ2) is 8.63. The number of rotatable bonds is 8. The van der Waals surface area contributed by atoms with Crippen LogP contribution in [-0.4, -0.2) is 11.0 Å². The quantitative estimate of drug-likeness (QED) is 0.430. The number of aryl methyl sites for hydroxylation is 1. The molecule has 1 atom stereocenters. The summed E-state index contributed by atoms with van der Waals surface area (Å²) in [6.07, 6.45) is 12.1. The van der Waals surface area contributed by atoms with Crippen molar-refractivity contribution in [2.45, 2.75) is 81.8 Å². The number of carbonyl (C=O) groups is 1. The molecule has 0 aromatic heterocycles. The first kappa shape index (κ1) is 16.6. The number of hydrogen-bond acceptors (Lipinski definition) is 2. The molecule has 0 amide bonds. The number of thioether (sulfide) groups is 1. The van der Waals surface area contributed by atoms with Crippen molar-refractivity contribution in [2.24, 2.45) is 0 Å². The number of benzene rings is 1. The Morgan fingerprint density at radius 3 is 2.71 bits per heavy atom. The summed E-state index contributed by atoms with van der Waals surface area (Å²) in [5.41, 5.74) is 2.25. The number of hydrogen-bond donors (Lipinski definition) is 0. The molecule has 0 bridgehead atoms. The number of unbranched alkanes of at least 4 members (excludes halogenated alkanes) is 5. The highest BCUT2D eigenvalue weighted by Gasteiger charge is 2.19. The molecule has 0 saturated carbocycles. The number of carbonyl (C=O) groups excluding carboxylic acids is 1. The van der Waals surface area contributed by atoms with Gasteiger partial charge in [0.2, 0.25) is 0 Å². The van der Waals surface area contributed by atoms with E-state index < -0.39 is 0 Å². The minimum absolute atomic E-state index is 0.178. The zero-order valence-corrected chi connectivity index (χ0v) is 14.3. The standard InChI is InChI=1S/C19H28OS/c1-3-4-5-6-7-8-9-18-12-10-17-14-16(15(2)20)11-13-19(17)21-18/h11,13-14,18H,3-10,12H2,1-2H3/t18-/m1/s1. The Balaban J connectivity index is 1.76. The smallest absolute Gasteiger partial charge is 0.159 e. The Morgan fingerprint density at radius 1 is 1.19 bits per heavy atom. The maximum atomic E-state index is 11.4. The van der Waals surface area contributed by atoms with Gasteiger partial charge < -0.3 is 0 Å². The normalized spacial score (nSPS) is 17.5. The summed E-state index contributed by atoms with van der Waals surface area (Å²) in [7, 11) is 0. The van der Waals surface area contributed by atoms with Gasteiger partial charge in [-0.15, -0.1) is 11.8 Å². The fourth-order valence-electron chi connectivity index (χ4n) is 3.02. The van der Waals surface area contributed by atoms with Crippen LogP contribution in [0.2, 0.25) is 0 Å². The Morgan fingerprint density at radius 2 is 1.95 bits per heavy atom. The van der Waals surface area contributed by atoms with Crippen molar-refractivity contribution in [3.8, 4) is 0 Å². The van der Waals surface area contributed by atoms with Gasteiger partial charge in [0, 0.05) is 15.7 Å². The molecule has 2 rings (SSSR count). The lowest BCUT2D eigenvalue weighted by atomic mass is 10.0. The number of ketones is 1. The van der Waals surface area contributed by atoms with Gasteiger partial charge in [0.25, 0.3) is 0 Å². The van der Waals surface area contributed by atoms with Crippen LogP contribution in [0, 0.1) is 0 Å². The molecule has 0 fully saturated rings. The molecule has 1 aromatic rings. The fraction of sp³-hybridized carbons (Fsp3) is 0.632. The average Bonchev–Trinajstić information content (AvgIpc) is 2.50. The van der Waals surface area contributed by atoms with E-state index in [1.54, 1.807) is 6.92 Å². The summed E-state index contributed by atoms with van der Waals surface area (Å²) in [6, 6.07) is 6.25. The van der Waals surface area contributed by atoms with Crippen LogP contribution >= 0.6 is 11.8 Å². The first-order chi connectivity index (χ1) is 10.2. The molecule has 1 heterocycles. The Hall–Kier alpha value is -0.760. The summed E-state index contributed by atoms with van der Waals surface area (Å²) < 4.78 is 0. The summed E-state index contributed by atoms with van der Waals surface area (Å²) in [6.45, 7) is 3.92. The third kappa shape index (κ3) is 5.18. The molecule has 0 N–H and O–H groups in total. The van der Waals surface area contributed by atoms with Crippen LogP contribution in [0.25, 0.3) is 0 Å². The van der Waals surface area contributed by atoms with Crippen LogP contribution in [0.4, 0.5) is 0 Å². The van der Waals surface area contributed by atoms with E-state index in [2.05, 4.69) is 19.1 Å². The van der Waals surface area contributed by atoms with Crippen LogP contribution in [-0.2, 0) is 6.42 Å². The SMILES string of the molecule is CCCCCCCC[C@@H]1CCc2cc(C(C)=O)ccc2S1. The highest BCUT2D eigenvalue weighted by molar-refractivity contribution is 8.00. The zero-order valence-electron chi connectivity index (χ0n) is 13.5. The minimum Gasteiger partial charge on any atom is -0.295 e. The van der Waals surface area contributed by atoms with Crippen molar-refractivity contribution >= 4 is 17.5 Å². The fourth-order valence-corrected chi connectivity index (χ4v) is 4.36. The second-order valence-electron chi connectivity index (χ2n) is 6.21. The molecule has 1 aromatic carbocycles. The predicted octanol–water partition coefficient (Wildman–Crippen LogP) is 6.05. The van der Waals surface area contributed by atoms with Gasteiger partial charge in [-0.1, -0.05) is 51.5 Å². The van der Waals surface area contributed by atoms with Gasteiger partial charge in [-0.3, -0.25) is 4.79 Å². The molecule has 2 heteroatoms. The van der Waals surface area contributed by atoms with E-state index in [4.69, 9.17) is 0 Å². The Kier molecular flexibility index (Phi) is 6.82. The highest BCUT2D eigenvalue weighted by atomic mass is 32.2. The first-order valence-corrected chi connectivity index (χ1v) is 9.39. The minimum atomic E-state index is 0.178. The maximum absolute atomic E-state index is 11.4. The molecule has 1 aliphatic rings. The van der Waals surface area contributed by atoms with Crippen molar-refractivity contribution in [1.29, 1.82) is 0 Å². The van der Waals surface area contributed by atoms with Gasteiger partial charge in [-0.2, -0.15) is 0 Å². The third-order valence-electron chi connectivity index (χ3n) is 4.38. The van der Waals surface area contributed by atoms with Crippen LogP contribution in [0.15, 0.2) is 23.1 Å². The summed E-state index contributed by atoms with van der Waals surface area (Å²) in [5, 5.41) is 0.784. The van der Waals surface area contributed by atoms with Gasteiger partial charge in [-0.05, 0) is 43.9 Å². The maximum Gasteiger partial charge on any atom is 0.159 e. The molecule has 1 nitrogen and oxygen atoms in total. The topological polar surface area (TPSA) is 17.1 Å². The number of fused-ring (bicyclic) bond motifs is 1. The van der Waals surface area contributed by atoms with Gasteiger partial charge in [0.15, 0.2) is 5.78 Å². The second-order valence-corrected chi connectivity index (χ2v) is 7.56. The van der Waals surface area contributed by atoms with E-state index in [-0.39, 0.29) is 5.78 Å². The molecule has 116 valence electrons. The van der Waals surface area contributed by atoms with Crippen LogP contribution in [0.1, 0.15) is 81.1 Å². The highest BCUT2D eigenvalue weighted by Crippen LogP contribution is 2.38. The monoisotopic (exact) mass is 304 g/mol. The van der Waals surface area contributed by atoms with E-state index in [1.807, 2.05) is 17.8 Å². The average molecular weight is 304 g/mol. The largest absolute Gasteiger partial charge is 0.295 e. The van der Waals surface area contributed by atoms with Crippen molar-refractivity contribution in [1.82, 2.24) is 0 Å². The van der Waals surface area contributed by atoms with Crippen molar-refractivity contribution in [3.63, 3.8) is 0 Å². The molecule has 0 unspecified atom stereocenters. The zero-order chi connectivity index (χ0) is 15.1. The van der Waals surface area contributed by atoms with Crippen molar-refractivity contribution in [2.75, 3.05) is 0 Å².